The quantitative estimate of drug-likeness (QED) is 0.735. The first-order valence-corrected chi connectivity index (χ1v) is 6.86. The number of halogens is 3. The van der Waals surface area contributed by atoms with Crippen LogP contribution in [0.5, 0.6) is 11.6 Å². The van der Waals surface area contributed by atoms with Crippen LogP contribution < -0.4 is 4.74 Å². The molecule has 0 radical (unpaired) electrons. The fourth-order valence-electron chi connectivity index (χ4n) is 1.30. The largest absolute Gasteiger partial charge is 0.478 e. The highest BCUT2D eigenvalue weighted by atomic mass is 127. The van der Waals surface area contributed by atoms with E-state index in [1.165, 1.54) is 24.4 Å². The van der Waals surface area contributed by atoms with Crippen molar-refractivity contribution >= 4 is 44.5 Å². The first-order valence-electron chi connectivity index (χ1n) is 4.99. The molecule has 0 saturated carbocycles. The molecule has 2 rings (SSSR count). The summed E-state index contributed by atoms with van der Waals surface area (Å²) in [7, 11) is 0. The van der Waals surface area contributed by atoms with Gasteiger partial charge in [0.05, 0.1) is 9.13 Å². The van der Waals surface area contributed by atoms with Gasteiger partial charge in [-0.25, -0.2) is 14.2 Å². The van der Waals surface area contributed by atoms with Crippen molar-refractivity contribution in [2.24, 2.45) is 0 Å². The first kappa shape index (κ1) is 14.2. The molecule has 0 amide bonds. The summed E-state index contributed by atoms with van der Waals surface area (Å²) in [4.78, 5) is 14.7. The van der Waals surface area contributed by atoms with Gasteiger partial charge in [-0.3, -0.25) is 0 Å². The minimum absolute atomic E-state index is 0.0629. The van der Waals surface area contributed by atoms with Gasteiger partial charge in [-0.1, -0.05) is 0 Å². The summed E-state index contributed by atoms with van der Waals surface area (Å²) in [5.74, 6) is -1.67. The number of pyridine rings is 1. The van der Waals surface area contributed by atoms with Crippen LogP contribution in [0.1, 0.15) is 10.4 Å². The van der Waals surface area contributed by atoms with Crippen LogP contribution in [-0.4, -0.2) is 16.1 Å². The molecule has 1 aromatic carbocycles. The standard InChI is InChI=1S/C12H6BrFINO3/c13-7-4-8(14)11(16-5-7)19-10-3-6(12(17)18)1-2-9(10)15/h1-5H,(H,17,18). The van der Waals surface area contributed by atoms with Crippen molar-refractivity contribution in [3.63, 3.8) is 0 Å². The number of aromatic nitrogens is 1. The lowest BCUT2D eigenvalue weighted by atomic mass is 10.2. The number of rotatable bonds is 3. The molecule has 19 heavy (non-hydrogen) atoms. The Morgan fingerprint density at radius 2 is 2.16 bits per heavy atom. The summed E-state index contributed by atoms with van der Waals surface area (Å²) < 4.78 is 20.0. The predicted molar refractivity (Wildman–Crippen MR) is 78.1 cm³/mol. The Morgan fingerprint density at radius 1 is 1.42 bits per heavy atom. The number of nitrogens with zero attached hydrogens (tertiary/aromatic N) is 1. The monoisotopic (exact) mass is 437 g/mol. The molecule has 0 unspecified atom stereocenters. The van der Waals surface area contributed by atoms with E-state index in [1.807, 2.05) is 22.6 Å². The van der Waals surface area contributed by atoms with Gasteiger partial charge in [-0.05, 0) is 62.8 Å². The molecule has 2 aromatic rings. The Balaban J connectivity index is 2.37. The summed E-state index contributed by atoms with van der Waals surface area (Å²) in [6, 6.07) is 5.57. The second kappa shape index (κ2) is 5.83. The van der Waals surface area contributed by atoms with Gasteiger partial charge in [-0.2, -0.15) is 0 Å². The van der Waals surface area contributed by atoms with Crippen molar-refractivity contribution in [2.75, 3.05) is 0 Å². The van der Waals surface area contributed by atoms with Gasteiger partial charge in [0.1, 0.15) is 5.75 Å². The van der Waals surface area contributed by atoms with E-state index in [4.69, 9.17) is 9.84 Å². The number of benzene rings is 1. The molecule has 98 valence electrons. The maximum Gasteiger partial charge on any atom is 0.335 e. The zero-order valence-electron chi connectivity index (χ0n) is 9.23. The molecular weight excluding hydrogens is 432 g/mol. The third kappa shape index (κ3) is 3.41. The minimum Gasteiger partial charge on any atom is -0.478 e. The van der Waals surface area contributed by atoms with Crippen LogP contribution in [-0.2, 0) is 0 Å². The summed E-state index contributed by atoms with van der Waals surface area (Å²) in [5.41, 5.74) is 0.0629. The number of hydrogen-bond donors (Lipinski definition) is 1. The first-order chi connectivity index (χ1) is 8.97. The van der Waals surface area contributed by atoms with Gasteiger partial charge in [0, 0.05) is 10.7 Å². The molecule has 0 fully saturated rings. The second-order valence-corrected chi connectivity index (χ2v) is 5.57. The van der Waals surface area contributed by atoms with Crippen LogP contribution in [0, 0.1) is 9.39 Å². The lowest BCUT2D eigenvalue weighted by Crippen LogP contribution is -1.99. The third-order valence-corrected chi connectivity index (χ3v) is 3.48. The Hall–Kier alpha value is -1.22. The Bertz CT molecular complexity index is 651. The van der Waals surface area contributed by atoms with Crippen LogP contribution in [0.15, 0.2) is 34.9 Å². The van der Waals surface area contributed by atoms with Crippen molar-refractivity contribution in [1.29, 1.82) is 0 Å². The molecular formula is C12H6BrFINO3. The second-order valence-electron chi connectivity index (χ2n) is 3.49. The number of ether oxygens (including phenoxy) is 1. The summed E-state index contributed by atoms with van der Waals surface area (Å²) in [5, 5.41) is 8.90. The van der Waals surface area contributed by atoms with E-state index in [9.17, 15) is 9.18 Å². The van der Waals surface area contributed by atoms with Crippen LogP contribution >= 0.6 is 38.5 Å². The van der Waals surface area contributed by atoms with Crippen LogP contribution in [0.25, 0.3) is 0 Å². The van der Waals surface area contributed by atoms with E-state index in [0.29, 0.717) is 8.04 Å². The van der Waals surface area contributed by atoms with E-state index in [-0.39, 0.29) is 17.2 Å². The zero-order chi connectivity index (χ0) is 14.0. The van der Waals surface area contributed by atoms with E-state index in [1.54, 1.807) is 6.07 Å². The normalized spacial score (nSPS) is 10.3. The lowest BCUT2D eigenvalue weighted by Gasteiger charge is -2.08. The van der Waals surface area contributed by atoms with E-state index in [2.05, 4.69) is 20.9 Å². The molecule has 0 atom stereocenters. The smallest absolute Gasteiger partial charge is 0.335 e. The van der Waals surface area contributed by atoms with Crippen molar-refractivity contribution in [2.45, 2.75) is 0 Å². The average molecular weight is 438 g/mol. The van der Waals surface area contributed by atoms with Crippen LogP contribution in [0.4, 0.5) is 4.39 Å². The highest BCUT2D eigenvalue weighted by Crippen LogP contribution is 2.29. The molecule has 0 aliphatic rings. The molecule has 7 heteroatoms. The fraction of sp³-hybridized carbons (Fsp3) is 0. The highest BCUT2D eigenvalue weighted by molar-refractivity contribution is 14.1. The zero-order valence-corrected chi connectivity index (χ0v) is 13.0. The predicted octanol–water partition coefficient (Wildman–Crippen LogP) is 4.08. The SMILES string of the molecule is O=C(O)c1ccc(I)c(Oc2ncc(Br)cc2F)c1. The van der Waals surface area contributed by atoms with Crippen LogP contribution in [0.2, 0.25) is 0 Å². The van der Waals surface area contributed by atoms with Gasteiger partial charge in [0.2, 0.25) is 0 Å². The van der Waals surface area contributed by atoms with E-state index in [0.717, 1.165) is 0 Å². The van der Waals surface area contributed by atoms with Crippen LogP contribution in [0.3, 0.4) is 0 Å². The number of aromatic carboxylic acids is 1. The van der Waals surface area contributed by atoms with E-state index < -0.39 is 11.8 Å². The molecule has 1 heterocycles. The van der Waals surface area contributed by atoms with Crippen molar-refractivity contribution in [3.05, 3.63) is 49.9 Å². The van der Waals surface area contributed by atoms with Gasteiger partial charge in [0.25, 0.3) is 5.88 Å². The fourth-order valence-corrected chi connectivity index (χ4v) is 2.04. The Morgan fingerprint density at radius 3 is 2.79 bits per heavy atom. The van der Waals surface area contributed by atoms with Crippen molar-refractivity contribution in [3.8, 4) is 11.6 Å². The number of carboxylic acid groups (broad SMARTS) is 1. The van der Waals surface area contributed by atoms with Gasteiger partial charge in [0.15, 0.2) is 5.82 Å². The molecule has 0 spiro atoms. The van der Waals surface area contributed by atoms with Gasteiger partial charge < -0.3 is 9.84 Å². The maximum absolute atomic E-state index is 13.6. The number of carbonyl (C=O) groups is 1. The lowest BCUT2D eigenvalue weighted by molar-refractivity contribution is 0.0696. The van der Waals surface area contributed by atoms with E-state index >= 15 is 0 Å². The summed E-state index contributed by atoms with van der Waals surface area (Å²) in [6.45, 7) is 0. The van der Waals surface area contributed by atoms with Crippen molar-refractivity contribution < 1.29 is 19.0 Å². The number of hydrogen-bond acceptors (Lipinski definition) is 3. The molecule has 1 aromatic heterocycles. The summed E-state index contributed by atoms with van der Waals surface area (Å²) in [6.07, 6.45) is 1.40. The molecule has 4 nitrogen and oxygen atoms in total. The highest BCUT2D eigenvalue weighted by Gasteiger charge is 2.12. The van der Waals surface area contributed by atoms with Crippen molar-refractivity contribution in [1.82, 2.24) is 4.98 Å². The average Bonchev–Trinajstić information content (AvgIpc) is 2.34. The molecule has 0 bridgehead atoms. The molecule has 0 aliphatic carbocycles. The topological polar surface area (TPSA) is 59.4 Å². The Labute approximate surface area is 129 Å². The molecule has 0 saturated heterocycles. The third-order valence-electron chi connectivity index (χ3n) is 2.16. The summed E-state index contributed by atoms with van der Waals surface area (Å²) >= 11 is 5.06. The molecule has 1 N–H and O–H groups in total. The minimum atomic E-state index is -1.08. The Kier molecular flexibility index (Phi) is 4.35. The molecule has 0 aliphatic heterocycles. The number of carboxylic acids is 1. The maximum atomic E-state index is 13.6. The van der Waals surface area contributed by atoms with Gasteiger partial charge >= 0.3 is 5.97 Å². The van der Waals surface area contributed by atoms with Gasteiger partial charge in [-0.15, -0.1) is 0 Å².